The number of nitrogens with one attached hydrogen (secondary N) is 1. The molecule has 1 atom stereocenters. The van der Waals surface area contributed by atoms with E-state index in [0.29, 0.717) is 5.92 Å². The molecule has 1 aromatic carbocycles. The number of aromatic nitrogens is 2. The molecule has 0 aliphatic heterocycles. The minimum Gasteiger partial charge on any atom is -0.348 e. The summed E-state index contributed by atoms with van der Waals surface area (Å²) in [5.74, 6) is 1.37. The van der Waals surface area contributed by atoms with Crippen LogP contribution < -0.4 is 0 Å². The van der Waals surface area contributed by atoms with Crippen LogP contribution in [0.25, 0.3) is 0 Å². The van der Waals surface area contributed by atoms with E-state index in [2.05, 4.69) is 49.8 Å². The number of benzene rings is 1. The predicted molar refractivity (Wildman–Crippen MR) is 66.8 cm³/mol. The van der Waals surface area contributed by atoms with Crippen LogP contribution in [0.1, 0.15) is 40.9 Å². The van der Waals surface area contributed by atoms with Crippen LogP contribution in [0.4, 0.5) is 0 Å². The zero-order valence-corrected chi connectivity index (χ0v) is 10.3. The van der Waals surface area contributed by atoms with Crippen molar-refractivity contribution in [1.82, 2.24) is 9.97 Å². The maximum absolute atomic E-state index is 4.34. The average molecular weight is 214 g/mol. The van der Waals surface area contributed by atoms with E-state index in [1.54, 1.807) is 0 Å². The first-order chi connectivity index (χ1) is 7.59. The first-order valence-corrected chi connectivity index (χ1v) is 5.66. The smallest absolute Gasteiger partial charge is 0.113 e. The van der Waals surface area contributed by atoms with Crippen molar-refractivity contribution in [3.8, 4) is 0 Å². The van der Waals surface area contributed by atoms with Gasteiger partial charge in [0.15, 0.2) is 0 Å². The largest absolute Gasteiger partial charge is 0.348 e. The quantitative estimate of drug-likeness (QED) is 0.814. The van der Waals surface area contributed by atoms with Gasteiger partial charge in [0.05, 0.1) is 0 Å². The third kappa shape index (κ3) is 1.87. The zero-order valence-electron chi connectivity index (χ0n) is 10.3. The van der Waals surface area contributed by atoms with E-state index in [1.807, 2.05) is 12.4 Å². The molecular weight excluding hydrogens is 196 g/mol. The molecular formula is C14H18N2. The summed E-state index contributed by atoms with van der Waals surface area (Å²) in [6.07, 6.45) is 3.69. The molecule has 0 bridgehead atoms. The van der Waals surface area contributed by atoms with Crippen LogP contribution >= 0.6 is 0 Å². The van der Waals surface area contributed by atoms with Crippen molar-refractivity contribution >= 4 is 0 Å². The Hall–Kier alpha value is -1.57. The van der Waals surface area contributed by atoms with Crippen molar-refractivity contribution in [3.05, 3.63) is 52.6 Å². The Labute approximate surface area is 96.7 Å². The third-order valence-electron chi connectivity index (χ3n) is 3.10. The minimum absolute atomic E-state index is 0.329. The molecule has 0 aliphatic rings. The first-order valence-electron chi connectivity index (χ1n) is 5.66. The van der Waals surface area contributed by atoms with E-state index in [1.165, 1.54) is 22.3 Å². The van der Waals surface area contributed by atoms with Gasteiger partial charge < -0.3 is 4.98 Å². The summed E-state index contributed by atoms with van der Waals surface area (Å²) in [5.41, 5.74) is 5.41. The van der Waals surface area contributed by atoms with Crippen LogP contribution in [0.3, 0.4) is 0 Å². The monoisotopic (exact) mass is 214 g/mol. The second kappa shape index (κ2) is 4.12. The maximum Gasteiger partial charge on any atom is 0.113 e. The Morgan fingerprint density at radius 1 is 1.12 bits per heavy atom. The molecule has 0 aliphatic carbocycles. The molecule has 0 fully saturated rings. The van der Waals surface area contributed by atoms with Gasteiger partial charge in [-0.2, -0.15) is 0 Å². The van der Waals surface area contributed by atoms with Crippen LogP contribution in [-0.2, 0) is 0 Å². The summed E-state index contributed by atoms with van der Waals surface area (Å²) in [6, 6.07) is 4.48. The highest BCUT2D eigenvalue weighted by atomic mass is 14.9. The molecule has 0 amide bonds. The maximum atomic E-state index is 4.34. The Morgan fingerprint density at radius 2 is 1.75 bits per heavy atom. The van der Waals surface area contributed by atoms with E-state index in [9.17, 15) is 0 Å². The molecule has 0 spiro atoms. The lowest BCUT2D eigenvalue weighted by Crippen LogP contribution is -2.04. The summed E-state index contributed by atoms with van der Waals surface area (Å²) < 4.78 is 0. The van der Waals surface area contributed by atoms with Crippen LogP contribution in [0.15, 0.2) is 24.5 Å². The molecule has 1 heterocycles. The van der Waals surface area contributed by atoms with Gasteiger partial charge in [-0.15, -0.1) is 0 Å². The van der Waals surface area contributed by atoms with Crippen LogP contribution in [0, 0.1) is 20.8 Å². The fourth-order valence-electron chi connectivity index (χ4n) is 2.53. The Bertz CT molecular complexity index is 460. The van der Waals surface area contributed by atoms with Gasteiger partial charge >= 0.3 is 0 Å². The van der Waals surface area contributed by atoms with Gasteiger partial charge in [0.2, 0.25) is 0 Å². The van der Waals surface area contributed by atoms with Gasteiger partial charge in [0.1, 0.15) is 5.82 Å². The van der Waals surface area contributed by atoms with Crippen molar-refractivity contribution in [1.29, 1.82) is 0 Å². The number of aromatic amines is 1. The SMILES string of the molecule is Cc1cc(C)c(C(C)c2ncc[nH]2)c(C)c1. The van der Waals surface area contributed by atoms with Crippen LogP contribution in [0.5, 0.6) is 0 Å². The fraction of sp³-hybridized carbons (Fsp3) is 0.357. The van der Waals surface area contributed by atoms with Gasteiger partial charge in [-0.1, -0.05) is 24.6 Å². The molecule has 0 saturated carbocycles. The molecule has 2 aromatic rings. The predicted octanol–water partition coefficient (Wildman–Crippen LogP) is 3.49. The molecule has 84 valence electrons. The zero-order chi connectivity index (χ0) is 11.7. The lowest BCUT2D eigenvalue weighted by atomic mass is 9.90. The van der Waals surface area contributed by atoms with Crippen molar-refractivity contribution in [2.45, 2.75) is 33.6 Å². The number of aryl methyl sites for hydroxylation is 3. The van der Waals surface area contributed by atoms with Crippen LogP contribution in [0.2, 0.25) is 0 Å². The summed E-state index contributed by atoms with van der Waals surface area (Å²) in [6.45, 7) is 8.69. The molecule has 2 nitrogen and oxygen atoms in total. The van der Waals surface area contributed by atoms with Crippen molar-refractivity contribution in [3.63, 3.8) is 0 Å². The van der Waals surface area contributed by atoms with E-state index in [-0.39, 0.29) is 0 Å². The topological polar surface area (TPSA) is 28.7 Å². The Balaban J connectivity index is 2.48. The highest BCUT2D eigenvalue weighted by Gasteiger charge is 2.15. The van der Waals surface area contributed by atoms with E-state index in [0.717, 1.165) is 5.82 Å². The van der Waals surface area contributed by atoms with Gasteiger partial charge in [0, 0.05) is 18.3 Å². The number of hydrogen-bond acceptors (Lipinski definition) is 1. The lowest BCUT2D eigenvalue weighted by Gasteiger charge is -2.16. The molecule has 1 aromatic heterocycles. The van der Waals surface area contributed by atoms with Crippen LogP contribution in [-0.4, -0.2) is 9.97 Å². The van der Waals surface area contributed by atoms with Gasteiger partial charge in [-0.25, -0.2) is 4.98 Å². The normalized spacial score (nSPS) is 12.8. The Morgan fingerprint density at radius 3 is 2.25 bits per heavy atom. The van der Waals surface area contributed by atoms with Crippen molar-refractivity contribution < 1.29 is 0 Å². The van der Waals surface area contributed by atoms with E-state index >= 15 is 0 Å². The lowest BCUT2D eigenvalue weighted by molar-refractivity contribution is 0.823. The van der Waals surface area contributed by atoms with Gasteiger partial charge in [0.25, 0.3) is 0 Å². The summed E-state index contributed by atoms with van der Waals surface area (Å²) in [4.78, 5) is 7.53. The highest BCUT2D eigenvalue weighted by Crippen LogP contribution is 2.28. The minimum atomic E-state index is 0.329. The standard InChI is InChI=1S/C14H18N2/c1-9-7-10(2)13(11(3)8-9)12(4)14-15-5-6-16-14/h5-8,12H,1-4H3,(H,15,16). The third-order valence-corrected chi connectivity index (χ3v) is 3.10. The summed E-state index contributed by atoms with van der Waals surface area (Å²) in [5, 5.41) is 0. The molecule has 16 heavy (non-hydrogen) atoms. The second-order valence-electron chi connectivity index (χ2n) is 4.51. The molecule has 2 heteroatoms. The molecule has 2 rings (SSSR count). The van der Waals surface area contributed by atoms with E-state index < -0.39 is 0 Å². The van der Waals surface area contributed by atoms with Crippen molar-refractivity contribution in [2.75, 3.05) is 0 Å². The first kappa shape index (κ1) is 10.9. The van der Waals surface area contributed by atoms with Gasteiger partial charge in [-0.3, -0.25) is 0 Å². The summed E-state index contributed by atoms with van der Waals surface area (Å²) >= 11 is 0. The number of nitrogens with zero attached hydrogens (tertiary/aromatic N) is 1. The number of H-pyrrole nitrogens is 1. The molecule has 1 N–H and O–H groups in total. The number of hydrogen-bond donors (Lipinski definition) is 1. The van der Waals surface area contributed by atoms with Gasteiger partial charge in [-0.05, 0) is 37.5 Å². The van der Waals surface area contributed by atoms with Crippen molar-refractivity contribution in [2.24, 2.45) is 0 Å². The highest BCUT2D eigenvalue weighted by molar-refractivity contribution is 5.41. The second-order valence-corrected chi connectivity index (χ2v) is 4.51. The van der Waals surface area contributed by atoms with E-state index in [4.69, 9.17) is 0 Å². The summed E-state index contributed by atoms with van der Waals surface area (Å²) in [7, 11) is 0. The molecule has 0 saturated heterocycles. The number of rotatable bonds is 2. The fourth-order valence-corrected chi connectivity index (χ4v) is 2.53. The molecule has 0 radical (unpaired) electrons. The number of imidazole rings is 1. The Kier molecular flexibility index (Phi) is 2.82. The average Bonchev–Trinajstić information content (AvgIpc) is 2.67. The molecule has 1 unspecified atom stereocenters.